The summed E-state index contributed by atoms with van der Waals surface area (Å²) in [4.78, 5) is 4.33. The van der Waals surface area contributed by atoms with Crippen LogP contribution < -0.4 is 4.74 Å². The van der Waals surface area contributed by atoms with E-state index in [1.807, 2.05) is 31.2 Å². The van der Waals surface area contributed by atoms with Gasteiger partial charge in [-0.1, -0.05) is 0 Å². The zero-order valence-electron chi connectivity index (χ0n) is 7.65. The van der Waals surface area contributed by atoms with Crippen molar-refractivity contribution in [3.63, 3.8) is 0 Å². The topological polar surface area (TPSA) is 45.9 Å². The Balaban J connectivity index is 2.36. The molecule has 0 atom stereocenters. The molecule has 1 aromatic heterocycles. The van der Waals surface area contributed by atoms with Crippen LogP contribution in [0, 0.1) is 18.3 Å². The van der Waals surface area contributed by atoms with E-state index < -0.39 is 0 Å². The minimum absolute atomic E-state index is 0.0866. The van der Waals surface area contributed by atoms with Gasteiger partial charge in [-0.05, 0) is 25.1 Å². The number of fused-ring (bicyclic) bond motifs is 1. The molecule has 0 fully saturated rings. The highest BCUT2D eigenvalue weighted by atomic mass is 32.1. The van der Waals surface area contributed by atoms with E-state index in [1.165, 1.54) is 0 Å². The molecule has 0 spiro atoms. The average molecular weight is 204 g/mol. The zero-order valence-corrected chi connectivity index (χ0v) is 8.47. The molecule has 0 aliphatic rings. The van der Waals surface area contributed by atoms with Crippen molar-refractivity contribution in [2.24, 2.45) is 0 Å². The van der Waals surface area contributed by atoms with E-state index in [1.54, 1.807) is 11.3 Å². The maximum absolute atomic E-state index is 8.36. The second kappa shape index (κ2) is 3.64. The van der Waals surface area contributed by atoms with Gasteiger partial charge in [0.1, 0.15) is 11.8 Å². The molecule has 0 aliphatic carbocycles. The Labute approximate surface area is 85.6 Å². The molecule has 70 valence electrons. The summed E-state index contributed by atoms with van der Waals surface area (Å²) in [6.45, 7) is 2.06. The van der Waals surface area contributed by atoms with Crippen molar-refractivity contribution in [3.05, 3.63) is 23.2 Å². The molecule has 0 saturated heterocycles. The van der Waals surface area contributed by atoms with Crippen molar-refractivity contribution < 1.29 is 4.74 Å². The minimum atomic E-state index is 0.0866. The van der Waals surface area contributed by atoms with E-state index in [4.69, 9.17) is 10.00 Å². The van der Waals surface area contributed by atoms with E-state index >= 15 is 0 Å². The van der Waals surface area contributed by atoms with E-state index in [9.17, 15) is 0 Å². The highest BCUT2D eigenvalue weighted by Crippen LogP contribution is 2.25. The highest BCUT2D eigenvalue weighted by molar-refractivity contribution is 7.18. The van der Waals surface area contributed by atoms with Gasteiger partial charge >= 0.3 is 0 Å². The Bertz CT molecular complexity index is 498. The molecule has 1 aromatic carbocycles. The quantitative estimate of drug-likeness (QED) is 0.755. The van der Waals surface area contributed by atoms with Gasteiger partial charge in [0.2, 0.25) is 0 Å². The molecule has 0 N–H and O–H groups in total. The molecule has 0 bridgehead atoms. The first-order chi connectivity index (χ1) is 6.79. The Kier molecular flexibility index (Phi) is 2.33. The number of hydrogen-bond donors (Lipinski definition) is 0. The Morgan fingerprint density at radius 1 is 1.57 bits per heavy atom. The summed E-state index contributed by atoms with van der Waals surface area (Å²) in [5.41, 5.74) is 0.983. The maximum Gasteiger partial charge on any atom is 0.174 e. The Morgan fingerprint density at radius 2 is 2.43 bits per heavy atom. The summed E-state index contributed by atoms with van der Waals surface area (Å²) in [6, 6.07) is 7.59. The van der Waals surface area contributed by atoms with Crippen LogP contribution in [0.25, 0.3) is 10.2 Å². The smallest absolute Gasteiger partial charge is 0.174 e. The number of rotatable bonds is 2. The summed E-state index contributed by atoms with van der Waals surface area (Å²) in [5.74, 6) is 0.725. The molecule has 1 heterocycles. The molecule has 0 saturated carbocycles. The Morgan fingerprint density at radius 3 is 3.21 bits per heavy atom. The fourth-order valence-electron chi connectivity index (χ4n) is 1.23. The SMILES string of the molecule is Cc1nc2ccc(OCC#N)cc2s1. The summed E-state index contributed by atoms with van der Waals surface area (Å²) in [5, 5.41) is 9.40. The largest absolute Gasteiger partial charge is 0.479 e. The number of nitriles is 1. The predicted octanol–water partition coefficient (Wildman–Crippen LogP) is 2.51. The fraction of sp³-hybridized carbons (Fsp3) is 0.200. The molecule has 2 rings (SSSR count). The van der Waals surface area contributed by atoms with Crippen molar-refractivity contribution >= 4 is 21.6 Å². The lowest BCUT2D eigenvalue weighted by atomic mass is 10.3. The molecule has 14 heavy (non-hydrogen) atoms. The van der Waals surface area contributed by atoms with Crippen LogP contribution in [0.4, 0.5) is 0 Å². The third-order valence-electron chi connectivity index (χ3n) is 1.77. The third kappa shape index (κ3) is 1.68. The first kappa shape index (κ1) is 8.97. The van der Waals surface area contributed by atoms with Gasteiger partial charge < -0.3 is 4.74 Å². The molecular weight excluding hydrogens is 196 g/mol. The van der Waals surface area contributed by atoms with Crippen molar-refractivity contribution in [3.8, 4) is 11.8 Å². The number of ether oxygens (including phenoxy) is 1. The van der Waals surface area contributed by atoms with E-state index in [0.717, 1.165) is 21.0 Å². The number of benzene rings is 1. The number of hydrogen-bond acceptors (Lipinski definition) is 4. The molecule has 2 aromatic rings. The lowest BCUT2D eigenvalue weighted by Gasteiger charge is -1.99. The summed E-state index contributed by atoms with van der Waals surface area (Å²) in [7, 11) is 0. The van der Waals surface area contributed by atoms with Gasteiger partial charge in [0, 0.05) is 0 Å². The summed E-state index contributed by atoms with van der Waals surface area (Å²) in [6.07, 6.45) is 0. The van der Waals surface area contributed by atoms with E-state index in [2.05, 4.69) is 4.98 Å². The average Bonchev–Trinajstić information content (AvgIpc) is 2.54. The molecular formula is C10H8N2OS. The van der Waals surface area contributed by atoms with Crippen molar-refractivity contribution in [1.82, 2.24) is 4.98 Å². The zero-order chi connectivity index (χ0) is 9.97. The number of aryl methyl sites for hydroxylation is 1. The van der Waals surface area contributed by atoms with Gasteiger partial charge in [-0.2, -0.15) is 5.26 Å². The summed E-state index contributed by atoms with van der Waals surface area (Å²) >= 11 is 1.63. The first-order valence-electron chi connectivity index (χ1n) is 4.16. The lowest BCUT2D eigenvalue weighted by molar-refractivity contribution is 0.369. The van der Waals surface area contributed by atoms with Crippen LogP contribution in [0.1, 0.15) is 5.01 Å². The van der Waals surface area contributed by atoms with Gasteiger partial charge in [-0.25, -0.2) is 4.98 Å². The molecule has 0 radical (unpaired) electrons. The maximum atomic E-state index is 8.36. The monoisotopic (exact) mass is 204 g/mol. The van der Waals surface area contributed by atoms with Gasteiger partial charge in [0.05, 0.1) is 15.2 Å². The van der Waals surface area contributed by atoms with Gasteiger partial charge in [0.25, 0.3) is 0 Å². The van der Waals surface area contributed by atoms with Crippen molar-refractivity contribution in [2.75, 3.05) is 6.61 Å². The van der Waals surface area contributed by atoms with Gasteiger partial charge in [-0.3, -0.25) is 0 Å². The van der Waals surface area contributed by atoms with Gasteiger partial charge in [-0.15, -0.1) is 11.3 Å². The summed E-state index contributed by atoms with van der Waals surface area (Å²) < 4.78 is 6.29. The third-order valence-corrected chi connectivity index (χ3v) is 2.70. The normalized spacial score (nSPS) is 10.0. The molecule has 0 unspecified atom stereocenters. The van der Waals surface area contributed by atoms with Crippen LogP contribution in [-0.2, 0) is 0 Å². The van der Waals surface area contributed by atoms with E-state index in [0.29, 0.717) is 0 Å². The molecule has 4 heteroatoms. The van der Waals surface area contributed by atoms with E-state index in [-0.39, 0.29) is 6.61 Å². The second-order valence-electron chi connectivity index (χ2n) is 2.81. The fourth-order valence-corrected chi connectivity index (χ4v) is 2.08. The van der Waals surface area contributed by atoms with Gasteiger partial charge in [0.15, 0.2) is 6.61 Å². The minimum Gasteiger partial charge on any atom is -0.479 e. The predicted molar refractivity (Wildman–Crippen MR) is 55.5 cm³/mol. The number of aromatic nitrogens is 1. The van der Waals surface area contributed by atoms with Crippen LogP contribution in [0.5, 0.6) is 5.75 Å². The van der Waals surface area contributed by atoms with Crippen molar-refractivity contribution in [2.45, 2.75) is 6.92 Å². The Hall–Kier alpha value is -1.60. The molecule has 3 nitrogen and oxygen atoms in total. The number of thiazole rings is 1. The van der Waals surface area contributed by atoms with Crippen molar-refractivity contribution in [1.29, 1.82) is 5.26 Å². The number of nitrogens with zero attached hydrogens (tertiary/aromatic N) is 2. The molecule has 0 aliphatic heterocycles. The van der Waals surface area contributed by atoms with Crippen LogP contribution in [-0.4, -0.2) is 11.6 Å². The van der Waals surface area contributed by atoms with Crippen LogP contribution >= 0.6 is 11.3 Å². The molecule has 0 amide bonds. The highest BCUT2D eigenvalue weighted by Gasteiger charge is 2.01. The second-order valence-corrected chi connectivity index (χ2v) is 4.04. The van der Waals surface area contributed by atoms with Crippen LogP contribution in [0.15, 0.2) is 18.2 Å². The van der Waals surface area contributed by atoms with Crippen LogP contribution in [0.2, 0.25) is 0 Å². The first-order valence-corrected chi connectivity index (χ1v) is 4.98. The standard InChI is InChI=1S/C10H8N2OS/c1-7-12-9-3-2-8(13-5-4-11)6-10(9)14-7/h2-3,6H,5H2,1H3. The lowest BCUT2D eigenvalue weighted by Crippen LogP contribution is -1.92. The van der Waals surface area contributed by atoms with Crippen LogP contribution in [0.3, 0.4) is 0 Å².